The molecule has 3 aromatic carbocycles. The molecule has 39 heavy (non-hydrogen) atoms. The van der Waals surface area contributed by atoms with E-state index < -0.39 is 12.3 Å². The Bertz CT molecular complexity index is 1200. The molecule has 0 spiro atoms. The second-order valence-corrected chi connectivity index (χ2v) is 10.8. The van der Waals surface area contributed by atoms with Crippen LogP contribution in [-0.4, -0.2) is 33.9 Å². The summed E-state index contributed by atoms with van der Waals surface area (Å²) >= 11 is 1.76. The molecule has 0 aliphatic carbocycles. The van der Waals surface area contributed by atoms with Crippen molar-refractivity contribution in [2.45, 2.75) is 62.7 Å². The maximum atomic E-state index is 12.0. The van der Waals surface area contributed by atoms with Crippen LogP contribution in [0.25, 0.3) is 0 Å². The Balaban J connectivity index is 1.44. The summed E-state index contributed by atoms with van der Waals surface area (Å²) < 4.78 is 13.0. The largest absolute Gasteiger partial charge is 0.481 e. The maximum absolute atomic E-state index is 12.0. The van der Waals surface area contributed by atoms with Gasteiger partial charge in [-0.2, -0.15) is 0 Å². The van der Waals surface area contributed by atoms with E-state index in [1.807, 2.05) is 66.7 Å². The molecule has 4 rings (SSSR count). The molecule has 1 aliphatic rings. The normalized spacial score (nSPS) is 20.9. The number of aliphatic hydroxyl groups is 1. The van der Waals surface area contributed by atoms with Gasteiger partial charge in [-0.3, -0.25) is 9.59 Å². The Kier molecular flexibility index (Phi) is 10.6. The zero-order valence-electron chi connectivity index (χ0n) is 22.0. The topological polar surface area (TPSA) is 105 Å². The van der Waals surface area contributed by atoms with Crippen LogP contribution < -0.4 is 5.32 Å². The Morgan fingerprint density at radius 1 is 0.872 bits per heavy atom. The van der Waals surface area contributed by atoms with Crippen LogP contribution in [0.2, 0.25) is 0 Å². The lowest BCUT2D eigenvalue weighted by Gasteiger charge is -2.41. The van der Waals surface area contributed by atoms with Crippen LogP contribution >= 0.6 is 11.8 Å². The standard InChI is InChI=1S/C31H35NO6S/c1-21-27(20-39-26-6-3-2-4-7-26)37-31(38-30(21)24-14-12-23(19-33)13-15-24)25-16-10-22(11-17-25)18-32-28(34)8-5-9-29(35)36/h2-4,6-7,10-17,21,27,30-31,33H,5,8-9,18-20H2,1H3,(H,32,34)(H,35,36)/t21-,27+,30+,31+/m1/s1. The van der Waals surface area contributed by atoms with Crippen molar-refractivity contribution < 1.29 is 29.3 Å². The lowest BCUT2D eigenvalue weighted by molar-refractivity contribution is -0.268. The number of thioether (sulfide) groups is 1. The van der Waals surface area contributed by atoms with Gasteiger partial charge in [0.05, 0.1) is 18.8 Å². The quantitative estimate of drug-likeness (QED) is 0.251. The molecule has 0 bridgehead atoms. The SMILES string of the molecule is C[C@@H]1[C@H](CSc2ccccc2)O[C@H](c2ccc(CNC(=O)CCCC(=O)O)cc2)O[C@@H]1c1ccc(CO)cc1. The predicted molar refractivity (Wildman–Crippen MR) is 150 cm³/mol. The summed E-state index contributed by atoms with van der Waals surface area (Å²) in [5.74, 6) is -0.178. The van der Waals surface area contributed by atoms with E-state index in [1.54, 1.807) is 11.8 Å². The number of benzene rings is 3. The summed E-state index contributed by atoms with van der Waals surface area (Å²) in [5.41, 5.74) is 3.73. The predicted octanol–water partition coefficient (Wildman–Crippen LogP) is 5.63. The number of aliphatic hydroxyl groups excluding tert-OH is 1. The van der Waals surface area contributed by atoms with Crippen LogP contribution in [0.3, 0.4) is 0 Å². The minimum absolute atomic E-state index is 0.00142. The van der Waals surface area contributed by atoms with Gasteiger partial charge in [0.25, 0.3) is 0 Å². The number of ether oxygens (including phenoxy) is 2. The number of carbonyl (C=O) groups is 2. The molecule has 1 aliphatic heterocycles. The van der Waals surface area contributed by atoms with E-state index in [0.29, 0.717) is 13.0 Å². The van der Waals surface area contributed by atoms with Gasteiger partial charge in [-0.1, -0.05) is 73.7 Å². The van der Waals surface area contributed by atoms with Crippen LogP contribution in [0, 0.1) is 5.92 Å². The first-order valence-corrected chi connectivity index (χ1v) is 14.2. The average molecular weight is 550 g/mol. The summed E-state index contributed by atoms with van der Waals surface area (Å²) in [6.45, 7) is 2.52. The molecule has 1 fully saturated rings. The molecule has 3 N–H and O–H groups in total. The molecule has 0 saturated carbocycles. The van der Waals surface area contributed by atoms with Crippen LogP contribution in [-0.2, 0) is 32.2 Å². The van der Waals surface area contributed by atoms with Gasteiger partial charge in [-0.25, -0.2) is 0 Å². The van der Waals surface area contributed by atoms with Crippen molar-refractivity contribution in [2.75, 3.05) is 5.75 Å². The highest BCUT2D eigenvalue weighted by Crippen LogP contribution is 2.43. The van der Waals surface area contributed by atoms with E-state index in [4.69, 9.17) is 14.6 Å². The molecule has 0 radical (unpaired) electrons. The lowest BCUT2D eigenvalue weighted by Crippen LogP contribution is -2.38. The van der Waals surface area contributed by atoms with E-state index in [9.17, 15) is 14.7 Å². The summed E-state index contributed by atoms with van der Waals surface area (Å²) in [7, 11) is 0. The van der Waals surface area contributed by atoms with Crippen LogP contribution in [0.1, 0.15) is 60.8 Å². The number of amides is 1. The summed E-state index contributed by atoms with van der Waals surface area (Å²) in [4.78, 5) is 23.8. The van der Waals surface area contributed by atoms with Crippen molar-refractivity contribution >= 4 is 23.6 Å². The van der Waals surface area contributed by atoms with Crippen molar-refractivity contribution in [2.24, 2.45) is 5.92 Å². The Morgan fingerprint density at radius 2 is 1.54 bits per heavy atom. The second kappa shape index (κ2) is 14.3. The molecule has 1 saturated heterocycles. The maximum Gasteiger partial charge on any atom is 0.303 e. The molecular weight excluding hydrogens is 514 g/mol. The van der Waals surface area contributed by atoms with Gasteiger partial charge in [0.2, 0.25) is 5.91 Å². The van der Waals surface area contributed by atoms with Gasteiger partial charge in [-0.15, -0.1) is 11.8 Å². The zero-order valence-corrected chi connectivity index (χ0v) is 22.8. The molecule has 8 heteroatoms. The molecule has 206 valence electrons. The van der Waals surface area contributed by atoms with E-state index >= 15 is 0 Å². The van der Waals surface area contributed by atoms with E-state index in [2.05, 4.69) is 24.4 Å². The lowest BCUT2D eigenvalue weighted by atomic mass is 9.91. The first kappa shape index (κ1) is 28.8. The fourth-order valence-corrected chi connectivity index (χ4v) is 5.58. The van der Waals surface area contributed by atoms with Crippen molar-refractivity contribution in [1.29, 1.82) is 0 Å². The molecule has 1 heterocycles. The van der Waals surface area contributed by atoms with E-state index in [1.165, 1.54) is 4.90 Å². The van der Waals surface area contributed by atoms with Gasteiger partial charge in [0.15, 0.2) is 6.29 Å². The van der Waals surface area contributed by atoms with Crippen LogP contribution in [0.4, 0.5) is 0 Å². The third kappa shape index (κ3) is 8.41. The van der Waals surface area contributed by atoms with Crippen LogP contribution in [0.5, 0.6) is 0 Å². The monoisotopic (exact) mass is 549 g/mol. The Hall–Kier alpha value is -3.17. The van der Waals surface area contributed by atoms with E-state index in [-0.39, 0.29) is 43.5 Å². The second-order valence-electron chi connectivity index (χ2n) is 9.71. The van der Waals surface area contributed by atoms with Crippen molar-refractivity contribution in [3.63, 3.8) is 0 Å². The van der Waals surface area contributed by atoms with Crippen LogP contribution in [0.15, 0.2) is 83.8 Å². The molecule has 0 aromatic heterocycles. The minimum atomic E-state index is -0.898. The fourth-order valence-electron chi connectivity index (χ4n) is 4.49. The molecular formula is C31H35NO6S. The van der Waals surface area contributed by atoms with Gasteiger partial charge >= 0.3 is 5.97 Å². The van der Waals surface area contributed by atoms with Crippen molar-refractivity contribution in [1.82, 2.24) is 5.32 Å². The van der Waals surface area contributed by atoms with Gasteiger partial charge in [0, 0.05) is 41.5 Å². The van der Waals surface area contributed by atoms with Crippen molar-refractivity contribution in [3.8, 4) is 0 Å². The number of rotatable bonds is 12. The van der Waals surface area contributed by atoms with Gasteiger partial charge < -0.3 is 25.0 Å². The van der Waals surface area contributed by atoms with Crippen molar-refractivity contribution in [3.05, 3.63) is 101 Å². The number of carbonyl (C=O) groups excluding carboxylic acids is 1. The van der Waals surface area contributed by atoms with E-state index in [0.717, 1.165) is 28.0 Å². The number of carboxylic acid groups (broad SMARTS) is 1. The molecule has 7 nitrogen and oxygen atoms in total. The molecule has 1 amide bonds. The summed E-state index contributed by atoms with van der Waals surface area (Å²) in [5, 5.41) is 21.0. The number of carboxylic acids is 1. The minimum Gasteiger partial charge on any atom is -0.481 e. The van der Waals surface area contributed by atoms with Gasteiger partial charge in [0.1, 0.15) is 0 Å². The molecule has 0 unspecified atom stereocenters. The molecule has 3 aromatic rings. The number of hydrogen-bond acceptors (Lipinski definition) is 6. The summed E-state index contributed by atoms with van der Waals surface area (Å²) in [6, 6.07) is 25.9. The Morgan fingerprint density at radius 3 is 2.21 bits per heavy atom. The highest BCUT2D eigenvalue weighted by atomic mass is 32.2. The smallest absolute Gasteiger partial charge is 0.303 e. The fraction of sp³-hybridized carbons (Fsp3) is 0.355. The summed E-state index contributed by atoms with van der Waals surface area (Å²) in [6.07, 6.45) is -0.286. The third-order valence-electron chi connectivity index (χ3n) is 6.82. The third-order valence-corrected chi connectivity index (χ3v) is 7.92. The number of nitrogens with one attached hydrogen (secondary N) is 1. The zero-order chi connectivity index (χ0) is 27.6. The average Bonchev–Trinajstić information content (AvgIpc) is 2.96. The van der Waals surface area contributed by atoms with Gasteiger partial charge in [-0.05, 0) is 35.2 Å². The first-order valence-electron chi connectivity index (χ1n) is 13.2. The Labute approximate surface area is 233 Å². The first-order chi connectivity index (χ1) is 18.9. The highest BCUT2D eigenvalue weighted by Gasteiger charge is 2.38. The number of hydrogen-bond donors (Lipinski definition) is 3. The number of aliphatic carboxylic acids is 1. The highest BCUT2D eigenvalue weighted by molar-refractivity contribution is 7.99. The molecule has 4 atom stereocenters.